The molecule has 0 aliphatic carbocycles. The van der Waals surface area contributed by atoms with E-state index in [1.54, 1.807) is 0 Å². The smallest absolute Gasteiger partial charge is 0.308 e. The van der Waals surface area contributed by atoms with E-state index in [1.807, 2.05) is 12.1 Å². The molecule has 0 radical (unpaired) electrons. The van der Waals surface area contributed by atoms with E-state index in [0.29, 0.717) is 6.54 Å². The summed E-state index contributed by atoms with van der Waals surface area (Å²) in [7, 11) is 0. The van der Waals surface area contributed by atoms with Crippen molar-refractivity contribution < 1.29 is 9.90 Å². The molecule has 4 heteroatoms. The summed E-state index contributed by atoms with van der Waals surface area (Å²) in [6.45, 7) is 7.88. The highest BCUT2D eigenvalue weighted by Gasteiger charge is 2.42. The van der Waals surface area contributed by atoms with Gasteiger partial charge in [0.25, 0.3) is 0 Å². The molecule has 1 N–H and O–H groups in total. The Hall–Kier alpha value is -0.620. The van der Waals surface area contributed by atoms with E-state index in [1.165, 1.54) is 5.56 Å². The maximum absolute atomic E-state index is 11.5. The van der Waals surface area contributed by atoms with Gasteiger partial charge in [0.15, 0.2) is 0 Å². The van der Waals surface area contributed by atoms with Crippen LogP contribution in [-0.4, -0.2) is 34.6 Å². The lowest BCUT2D eigenvalue weighted by Gasteiger charge is -2.31. The van der Waals surface area contributed by atoms with E-state index in [-0.39, 0.29) is 17.4 Å². The lowest BCUT2D eigenvalue weighted by atomic mass is 9.89. The van der Waals surface area contributed by atoms with Gasteiger partial charge in [0.1, 0.15) is 0 Å². The van der Waals surface area contributed by atoms with Crippen molar-refractivity contribution in [3.05, 3.63) is 33.4 Å². The van der Waals surface area contributed by atoms with Gasteiger partial charge in [-0.25, -0.2) is 0 Å². The van der Waals surface area contributed by atoms with Gasteiger partial charge >= 0.3 is 5.97 Å². The molecule has 0 spiro atoms. The molecule has 1 saturated heterocycles. The molecule has 104 valence electrons. The molecule has 0 bridgehead atoms. The molecule has 1 heterocycles. The fraction of sp³-hybridized carbons (Fsp3) is 0.533. The van der Waals surface area contributed by atoms with Crippen molar-refractivity contribution in [1.82, 2.24) is 4.90 Å². The fourth-order valence-electron chi connectivity index (χ4n) is 2.69. The zero-order valence-electron chi connectivity index (χ0n) is 11.6. The highest BCUT2D eigenvalue weighted by molar-refractivity contribution is 14.1. The molecule has 1 aromatic carbocycles. The standard InChI is InChI=1S/C15H20INO2/c1-15(2,3)17-8-11(12(9-17)14(18)19)10-6-4-5-7-13(10)16/h4-7,11-12H,8-9H2,1-3H3,(H,18,19)/t11-,12+/m0/s1. The number of benzene rings is 1. The predicted octanol–water partition coefficient (Wildman–Crippen LogP) is 3.19. The van der Waals surface area contributed by atoms with Gasteiger partial charge in [-0.15, -0.1) is 0 Å². The predicted molar refractivity (Wildman–Crippen MR) is 84.4 cm³/mol. The molecule has 3 nitrogen and oxygen atoms in total. The van der Waals surface area contributed by atoms with Crippen molar-refractivity contribution in [3.8, 4) is 0 Å². The summed E-state index contributed by atoms with van der Waals surface area (Å²) >= 11 is 2.30. The molecule has 2 atom stereocenters. The summed E-state index contributed by atoms with van der Waals surface area (Å²) in [5, 5.41) is 9.49. The first-order valence-electron chi connectivity index (χ1n) is 6.53. The number of aliphatic carboxylic acids is 1. The van der Waals surface area contributed by atoms with Crippen LogP contribution in [0.4, 0.5) is 0 Å². The van der Waals surface area contributed by atoms with E-state index >= 15 is 0 Å². The van der Waals surface area contributed by atoms with E-state index in [9.17, 15) is 9.90 Å². The summed E-state index contributed by atoms with van der Waals surface area (Å²) in [5.74, 6) is -0.906. The SMILES string of the molecule is CC(C)(C)N1C[C@@H](C(=O)O)[C@H](c2ccccc2I)C1. The van der Waals surface area contributed by atoms with Crippen LogP contribution in [0.25, 0.3) is 0 Å². The molecular weight excluding hydrogens is 353 g/mol. The van der Waals surface area contributed by atoms with Crippen molar-refractivity contribution in [2.45, 2.75) is 32.2 Å². The van der Waals surface area contributed by atoms with Crippen molar-refractivity contribution >= 4 is 28.6 Å². The lowest BCUT2D eigenvalue weighted by Crippen LogP contribution is -2.40. The molecule has 0 unspecified atom stereocenters. The largest absolute Gasteiger partial charge is 0.481 e. The third-order valence-electron chi connectivity index (χ3n) is 3.89. The fourth-order valence-corrected chi connectivity index (χ4v) is 3.48. The van der Waals surface area contributed by atoms with Crippen molar-refractivity contribution in [1.29, 1.82) is 0 Å². The maximum atomic E-state index is 11.5. The second-order valence-corrected chi connectivity index (χ2v) is 7.31. The Morgan fingerprint density at radius 3 is 2.47 bits per heavy atom. The normalized spacial score (nSPS) is 24.6. The lowest BCUT2D eigenvalue weighted by molar-refractivity contribution is -0.141. The molecule has 1 aromatic rings. The Kier molecular flexibility index (Phi) is 4.20. The van der Waals surface area contributed by atoms with E-state index < -0.39 is 5.97 Å². The monoisotopic (exact) mass is 373 g/mol. The van der Waals surface area contributed by atoms with Crippen LogP contribution < -0.4 is 0 Å². The topological polar surface area (TPSA) is 40.5 Å². The zero-order valence-corrected chi connectivity index (χ0v) is 13.7. The van der Waals surface area contributed by atoms with Gasteiger partial charge in [-0.2, -0.15) is 0 Å². The van der Waals surface area contributed by atoms with Crippen LogP contribution >= 0.6 is 22.6 Å². The van der Waals surface area contributed by atoms with Gasteiger partial charge in [-0.3, -0.25) is 9.69 Å². The minimum absolute atomic E-state index is 0.0165. The molecule has 1 aliphatic heterocycles. The Balaban J connectivity index is 2.33. The second-order valence-electron chi connectivity index (χ2n) is 6.15. The Bertz CT molecular complexity index is 481. The number of rotatable bonds is 2. The van der Waals surface area contributed by atoms with Crippen molar-refractivity contribution in [2.75, 3.05) is 13.1 Å². The molecule has 1 fully saturated rings. The molecule has 1 aliphatic rings. The van der Waals surface area contributed by atoms with Gasteiger partial charge < -0.3 is 5.11 Å². The minimum atomic E-state index is -0.684. The third-order valence-corrected chi connectivity index (χ3v) is 4.87. The average Bonchev–Trinajstić information content (AvgIpc) is 2.74. The second kappa shape index (κ2) is 5.40. The highest BCUT2D eigenvalue weighted by Crippen LogP contribution is 2.37. The van der Waals surface area contributed by atoms with Gasteiger partial charge in [-0.05, 0) is 55.0 Å². The number of likely N-dealkylation sites (tertiary alicyclic amines) is 1. The first kappa shape index (κ1) is 14.8. The number of hydrogen-bond acceptors (Lipinski definition) is 2. The molecule has 19 heavy (non-hydrogen) atoms. The van der Waals surface area contributed by atoms with Gasteiger partial charge in [0, 0.05) is 28.1 Å². The van der Waals surface area contributed by atoms with Crippen LogP contribution in [-0.2, 0) is 4.79 Å². The average molecular weight is 373 g/mol. The molecule has 0 aromatic heterocycles. The quantitative estimate of drug-likeness (QED) is 0.810. The van der Waals surface area contributed by atoms with Gasteiger partial charge in [0.2, 0.25) is 0 Å². The summed E-state index contributed by atoms with van der Waals surface area (Å²) in [5.41, 5.74) is 1.19. The van der Waals surface area contributed by atoms with Crippen LogP contribution in [0.2, 0.25) is 0 Å². The van der Waals surface area contributed by atoms with Crippen LogP contribution in [0.15, 0.2) is 24.3 Å². The van der Waals surface area contributed by atoms with Gasteiger partial charge in [0.05, 0.1) is 5.92 Å². The number of hydrogen-bond donors (Lipinski definition) is 1. The Morgan fingerprint density at radius 2 is 1.95 bits per heavy atom. The third kappa shape index (κ3) is 3.11. The number of carboxylic acid groups (broad SMARTS) is 1. The molecular formula is C15H20INO2. The van der Waals surface area contributed by atoms with Crippen molar-refractivity contribution in [2.24, 2.45) is 5.92 Å². The zero-order chi connectivity index (χ0) is 14.2. The summed E-state index contributed by atoms with van der Waals surface area (Å²) in [6, 6.07) is 8.11. The minimum Gasteiger partial charge on any atom is -0.481 e. The first-order valence-corrected chi connectivity index (χ1v) is 7.61. The van der Waals surface area contributed by atoms with E-state index in [0.717, 1.165) is 10.1 Å². The van der Waals surface area contributed by atoms with E-state index in [2.05, 4.69) is 60.4 Å². The van der Waals surface area contributed by atoms with Crippen molar-refractivity contribution in [3.63, 3.8) is 0 Å². The van der Waals surface area contributed by atoms with Gasteiger partial charge in [-0.1, -0.05) is 18.2 Å². The van der Waals surface area contributed by atoms with Crippen LogP contribution in [0.1, 0.15) is 32.3 Å². The maximum Gasteiger partial charge on any atom is 0.308 e. The summed E-state index contributed by atoms with van der Waals surface area (Å²) in [4.78, 5) is 13.8. The van der Waals surface area contributed by atoms with Crippen LogP contribution in [0.3, 0.4) is 0 Å². The molecule has 0 saturated carbocycles. The molecule has 2 rings (SSSR count). The van der Waals surface area contributed by atoms with Crippen LogP contribution in [0, 0.1) is 9.49 Å². The number of carbonyl (C=O) groups is 1. The summed E-state index contributed by atoms with van der Waals surface area (Å²) < 4.78 is 1.16. The Labute approximate surface area is 128 Å². The van der Waals surface area contributed by atoms with Crippen LogP contribution in [0.5, 0.6) is 0 Å². The number of nitrogens with zero attached hydrogens (tertiary/aromatic N) is 1. The summed E-state index contributed by atoms with van der Waals surface area (Å²) in [6.07, 6.45) is 0. The Morgan fingerprint density at radius 1 is 1.32 bits per heavy atom. The number of halogens is 1. The first-order chi connectivity index (χ1) is 8.80. The number of carboxylic acids is 1. The molecule has 0 amide bonds. The highest BCUT2D eigenvalue weighted by atomic mass is 127. The van der Waals surface area contributed by atoms with E-state index in [4.69, 9.17) is 0 Å².